The third-order valence-corrected chi connectivity index (χ3v) is 5.10. The van der Waals surface area contributed by atoms with Crippen LogP contribution in [-0.2, 0) is 16.1 Å². The Bertz CT molecular complexity index is 1250. The molecule has 0 fully saturated rings. The summed E-state index contributed by atoms with van der Waals surface area (Å²) >= 11 is 0. The molecule has 5 N–H and O–H groups in total. The van der Waals surface area contributed by atoms with E-state index in [2.05, 4.69) is 4.74 Å². The average Bonchev–Trinajstić information content (AvgIpc) is 2.80. The molecular weight excluding hydrogens is 610 g/mol. The van der Waals surface area contributed by atoms with Crippen LogP contribution in [0.1, 0.15) is 31.8 Å². The zero-order chi connectivity index (χ0) is 32.6. The molecule has 2 aromatic rings. The molecule has 0 radical (unpaired) electrons. The topological polar surface area (TPSA) is 116 Å². The molecule has 0 spiro atoms. The van der Waals surface area contributed by atoms with E-state index in [1.165, 1.54) is 0 Å². The van der Waals surface area contributed by atoms with Crippen LogP contribution in [0, 0.1) is 0 Å². The fraction of sp³-hybridized carbons (Fsp3) is 0.333. The van der Waals surface area contributed by atoms with Gasteiger partial charge in [0.1, 0.15) is 0 Å². The first-order chi connectivity index (χ1) is 18.2. The highest BCUT2D eigenvalue weighted by atomic mass is 19.4. The second kappa shape index (κ2) is 11.1. The zero-order valence-electron chi connectivity index (χ0n) is 19.6. The summed E-state index contributed by atoms with van der Waals surface area (Å²) < 4.78 is 182. The molecule has 0 aromatic heterocycles. The van der Waals surface area contributed by atoms with Crippen molar-refractivity contribution in [3.05, 3.63) is 58.7 Å². The number of halogens is 14. The lowest BCUT2D eigenvalue weighted by atomic mass is 9.92. The number of carbonyl (C=O) groups is 2. The maximum Gasteiger partial charge on any atom is 0.435 e. The second-order valence-electron chi connectivity index (χ2n) is 7.71. The number of hydrogen-bond acceptors (Lipinski definition) is 5. The Hall–Kier alpha value is -4.00. The smallest absolute Gasteiger partial charge is 0.435 e. The van der Waals surface area contributed by atoms with Gasteiger partial charge in [-0.3, -0.25) is 0 Å². The van der Waals surface area contributed by atoms with Crippen molar-refractivity contribution in [3.63, 3.8) is 0 Å². The van der Waals surface area contributed by atoms with Crippen LogP contribution in [0.4, 0.5) is 72.8 Å². The minimum Gasteiger partial charge on any atom is -0.478 e. The number of hydrogen-bond donors (Lipinski definition) is 3. The van der Waals surface area contributed by atoms with Crippen molar-refractivity contribution >= 4 is 23.3 Å². The number of benzene rings is 2. The number of carbonyl (C=O) groups excluding carboxylic acids is 1. The highest BCUT2D eigenvalue weighted by molar-refractivity contribution is 5.95. The number of ether oxygens (including phenoxy) is 1. The van der Waals surface area contributed by atoms with Gasteiger partial charge in [-0.15, -0.1) is 0 Å². The Balaban J connectivity index is 0.000000410. The van der Waals surface area contributed by atoms with Gasteiger partial charge in [0.25, 0.3) is 0 Å². The summed E-state index contributed by atoms with van der Waals surface area (Å²) in [7, 11) is 0.838. The van der Waals surface area contributed by atoms with Crippen LogP contribution in [-0.4, -0.2) is 48.9 Å². The van der Waals surface area contributed by atoms with Gasteiger partial charge in [0.2, 0.25) is 0 Å². The van der Waals surface area contributed by atoms with E-state index in [-0.39, 0.29) is 24.3 Å². The van der Waals surface area contributed by atoms with Crippen LogP contribution >= 0.6 is 0 Å². The maximum atomic E-state index is 13.8. The Morgan fingerprint density at radius 3 is 1.17 bits per heavy atom. The second-order valence-corrected chi connectivity index (χ2v) is 7.71. The molecule has 0 heterocycles. The van der Waals surface area contributed by atoms with E-state index < -0.39 is 81.6 Å². The SMILES string of the molecule is COC(=O)c1cc(C(F)(C(F)(F)F)C(F)(F)F)ccc1N.Nc1ccc(C(F)(C(F)(F)F)C(F)(F)F)cc1C(=O)O. The lowest BCUT2D eigenvalue weighted by molar-refractivity contribution is -0.349. The molecule has 0 saturated heterocycles. The third-order valence-electron chi connectivity index (χ3n) is 5.10. The van der Waals surface area contributed by atoms with E-state index in [4.69, 9.17) is 16.6 Å². The normalized spacial score (nSPS) is 13.2. The van der Waals surface area contributed by atoms with Gasteiger partial charge in [-0.2, -0.15) is 52.7 Å². The summed E-state index contributed by atoms with van der Waals surface area (Å²) in [6, 6.07) is 1.37. The van der Waals surface area contributed by atoms with E-state index >= 15 is 0 Å². The first-order valence-electron chi connectivity index (χ1n) is 9.94. The van der Waals surface area contributed by atoms with Crippen molar-refractivity contribution < 1.29 is 80.9 Å². The maximum absolute atomic E-state index is 13.8. The summed E-state index contributed by atoms with van der Waals surface area (Å²) in [6.45, 7) is 0. The number of esters is 1. The lowest BCUT2D eigenvalue weighted by Crippen LogP contribution is -2.50. The van der Waals surface area contributed by atoms with Crippen molar-refractivity contribution in [2.24, 2.45) is 0 Å². The Morgan fingerprint density at radius 1 is 0.610 bits per heavy atom. The average molecular weight is 624 g/mol. The molecule has 6 nitrogen and oxygen atoms in total. The van der Waals surface area contributed by atoms with E-state index in [9.17, 15) is 71.1 Å². The molecule has 0 amide bonds. The van der Waals surface area contributed by atoms with Gasteiger partial charge >= 0.3 is 48.0 Å². The van der Waals surface area contributed by atoms with Gasteiger partial charge < -0.3 is 21.3 Å². The molecule has 2 rings (SSSR count). The number of methoxy groups -OCH3 is 1. The van der Waals surface area contributed by atoms with Gasteiger partial charge in [-0.25, -0.2) is 18.4 Å². The van der Waals surface area contributed by atoms with Crippen LogP contribution in [0.3, 0.4) is 0 Å². The monoisotopic (exact) mass is 624 g/mol. The summed E-state index contributed by atoms with van der Waals surface area (Å²) in [5, 5.41) is 8.60. The molecule has 0 atom stereocenters. The molecule has 41 heavy (non-hydrogen) atoms. The van der Waals surface area contributed by atoms with Gasteiger partial charge in [0, 0.05) is 22.5 Å². The standard InChI is InChI=1S/C11H8F7NO2.C10H6F7NO2/c1-21-8(20)6-4-5(2-3-7(6)19)9(12,10(13,14)15)11(16,17)18;11-8(9(12,13)14,10(15,16)17)4-1-2-6(18)5(3-4)7(19)20/h2-4H,19H2,1H3;1-3H,18H2,(H,19,20). The van der Waals surface area contributed by atoms with Crippen LogP contribution in [0.2, 0.25) is 0 Å². The number of rotatable bonds is 4. The molecule has 2 aromatic carbocycles. The molecule has 0 saturated carbocycles. The van der Waals surface area contributed by atoms with Gasteiger partial charge in [0.05, 0.1) is 18.2 Å². The van der Waals surface area contributed by atoms with E-state index in [0.29, 0.717) is 12.1 Å². The molecule has 20 heteroatoms. The van der Waals surface area contributed by atoms with Crippen LogP contribution in [0.5, 0.6) is 0 Å². The minimum absolute atomic E-state index is 0.0716. The first kappa shape index (κ1) is 35.0. The van der Waals surface area contributed by atoms with Crippen LogP contribution in [0.25, 0.3) is 0 Å². The van der Waals surface area contributed by atoms with Crippen molar-refractivity contribution in [2.75, 3.05) is 18.6 Å². The molecule has 0 bridgehead atoms. The van der Waals surface area contributed by atoms with E-state index in [1.807, 2.05) is 0 Å². The van der Waals surface area contributed by atoms with Crippen LogP contribution in [0.15, 0.2) is 36.4 Å². The van der Waals surface area contributed by atoms with Crippen molar-refractivity contribution in [1.29, 1.82) is 0 Å². The summed E-state index contributed by atoms with van der Waals surface area (Å²) in [5.41, 5.74) is -7.59. The highest BCUT2D eigenvalue weighted by Gasteiger charge is 2.74. The molecule has 0 aliphatic carbocycles. The predicted molar refractivity (Wildman–Crippen MR) is 110 cm³/mol. The van der Waals surface area contributed by atoms with E-state index in [0.717, 1.165) is 7.11 Å². The first-order valence-corrected chi connectivity index (χ1v) is 9.94. The molecule has 0 unspecified atom stereocenters. The number of nitrogen functional groups attached to an aromatic ring is 2. The van der Waals surface area contributed by atoms with Crippen molar-refractivity contribution in [1.82, 2.24) is 0 Å². The summed E-state index contributed by atoms with van der Waals surface area (Å²) in [5.74, 6) is -3.17. The fourth-order valence-corrected chi connectivity index (χ4v) is 2.99. The number of nitrogens with two attached hydrogens (primary N) is 2. The summed E-state index contributed by atoms with van der Waals surface area (Å²) in [6.07, 6.45) is -25.2. The van der Waals surface area contributed by atoms with Crippen LogP contribution < -0.4 is 11.5 Å². The quantitative estimate of drug-likeness (QED) is 0.201. The predicted octanol–water partition coefficient (Wildman–Crippen LogP) is 6.60. The van der Waals surface area contributed by atoms with Gasteiger partial charge in [0.15, 0.2) is 0 Å². The number of aromatic carboxylic acids is 1. The Labute approximate surface area is 218 Å². The molecule has 0 aliphatic heterocycles. The highest BCUT2D eigenvalue weighted by Crippen LogP contribution is 2.54. The number of anilines is 2. The molecular formula is C21H14F14N2O4. The number of carboxylic acids is 1. The Kier molecular flexibility index (Phi) is 9.49. The number of alkyl halides is 14. The zero-order valence-corrected chi connectivity index (χ0v) is 19.6. The fourth-order valence-electron chi connectivity index (χ4n) is 2.99. The van der Waals surface area contributed by atoms with Crippen molar-refractivity contribution in [2.45, 2.75) is 36.0 Å². The number of carboxylic acid groups (broad SMARTS) is 1. The minimum atomic E-state index is -6.31. The van der Waals surface area contributed by atoms with E-state index in [1.54, 1.807) is 0 Å². The van der Waals surface area contributed by atoms with Gasteiger partial charge in [-0.05, 0) is 24.3 Å². The Morgan fingerprint density at radius 2 is 0.902 bits per heavy atom. The molecule has 230 valence electrons. The third kappa shape index (κ3) is 6.50. The van der Waals surface area contributed by atoms with Gasteiger partial charge in [-0.1, -0.05) is 12.1 Å². The molecule has 0 aliphatic rings. The largest absolute Gasteiger partial charge is 0.478 e. The van der Waals surface area contributed by atoms with Crippen molar-refractivity contribution in [3.8, 4) is 0 Å². The summed E-state index contributed by atoms with van der Waals surface area (Å²) in [4.78, 5) is 21.9. The lowest BCUT2D eigenvalue weighted by Gasteiger charge is -2.30.